The van der Waals surface area contributed by atoms with Gasteiger partial charge in [-0.15, -0.1) is 0 Å². The van der Waals surface area contributed by atoms with E-state index in [2.05, 4.69) is 48.5 Å². The van der Waals surface area contributed by atoms with E-state index in [1.165, 1.54) is 270 Å². The first-order valence-corrected chi connectivity index (χ1v) is 48.4. The molecule has 0 aliphatic rings. The molecule has 0 bridgehead atoms. The number of phosphoric acid groups is 2. The van der Waals surface area contributed by atoms with Crippen molar-refractivity contribution in [2.45, 2.75) is 484 Å². The second-order valence-corrected chi connectivity index (χ2v) is 35.7. The Morgan fingerprint density at radius 2 is 0.477 bits per heavy atom. The first-order chi connectivity index (χ1) is 51.8. The molecule has 17 nitrogen and oxygen atoms in total. The van der Waals surface area contributed by atoms with Crippen LogP contribution in [-0.2, 0) is 65.4 Å². The predicted octanol–water partition coefficient (Wildman–Crippen LogP) is 26.9. The molecule has 0 aliphatic heterocycles. The zero-order chi connectivity index (χ0) is 78.6. The number of aliphatic hydroxyl groups excluding tert-OH is 1. The van der Waals surface area contributed by atoms with Crippen LogP contribution in [0.1, 0.15) is 466 Å². The average Bonchev–Trinajstić information content (AvgIpc) is 0.902. The molecule has 3 N–H and O–H groups in total. The standard InChI is InChI=1S/C88H172O17P2/c1-8-10-11-12-13-14-15-16-17-18-19-20-21-22-23-26-33-38-43-48-57-64-71-87(92)104-83(75-98-85(90)69-62-55-47-42-37-32-27-24-25-30-35-40-45-52-59-66-79(3)4)77-102-106(94,95)100-73-82(89)74-101-107(96,97)103-78-84(76-99-86(91)70-63-56-51-50-53-60-67-80(5)6)105-88(93)72-65-58-49-44-39-34-29-28-31-36-41-46-54-61-68-81(7)9-2/h79-84,89H,8-78H2,1-7H3,(H,94,95)(H,96,97)/t81?,82-,83-,84-/m1/s1. The number of hydrogen-bond donors (Lipinski definition) is 3. The lowest BCUT2D eigenvalue weighted by Crippen LogP contribution is -2.30. The normalized spacial score (nSPS) is 14.1. The number of unbranched alkanes of at least 4 members (excludes halogenated alkanes) is 53. The third kappa shape index (κ3) is 80.5. The van der Waals surface area contributed by atoms with E-state index in [-0.39, 0.29) is 25.7 Å². The SMILES string of the molecule is CCCCCCCCCCCCCCCCCCCCCCCCC(=O)O[C@H](COC(=O)CCCCCCCCCCCCCCCCCC(C)C)COP(=O)(O)OC[C@@H](O)COP(=O)(O)OC[C@@H](COC(=O)CCCCCCCCC(C)C)OC(=O)CCCCCCCCCCCCCCCCC(C)CC. The summed E-state index contributed by atoms with van der Waals surface area (Å²) in [6, 6.07) is 0. The highest BCUT2D eigenvalue weighted by Gasteiger charge is 2.31. The summed E-state index contributed by atoms with van der Waals surface area (Å²) in [5.41, 5.74) is 0. The van der Waals surface area contributed by atoms with Gasteiger partial charge >= 0.3 is 39.5 Å². The van der Waals surface area contributed by atoms with Crippen LogP contribution >= 0.6 is 15.6 Å². The summed E-state index contributed by atoms with van der Waals surface area (Å²) in [6.07, 6.45) is 69.7. The zero-order valence-electron chi connectivity index (χ0n) is 70.6. The van der Waals surface area contributed by atoms with Gasteiger partial charge in [-0.3, -0.25) is 37.3 Å². The number of aliphatic hydroxyl groups is 1. The van der Waals surface area contributed by atoms with E-state index in [4.69, 9.17) is 37.0 Å². The maximum atomic E-state index is 13.2. The first-order valence-electron chi connectivity index (χ1n) is 45.4. The van der Waals surface area contributed by atoms with Crippen LogP contribution in [0.5, 0.6) is 0 Å². The van der Waals surface area contributed by atoms with Crippen molar-refractivity contribution in [3.8, 4) is 0 Å². The number of ether oxygens (including phenoxy) is 4. The predicted molar refractivity (Wildman–Crippen MR) is 441 cm³/mol. The van der Waals surface area contributed by atoms with Crippen LogP contribution in [0.3, 0.4) is 0 Å². The highest BCUT2D eigenvalue weighted by molar-refractivity contribution is 7.47. The molecular formula is C88H172O17P2. The summed E-state index contributed by atoms with van der Waals surface area (Å²) in [4.78, 5) is 73.2. The zero-order valence-corrected chi connectivity index (χ0v) is 72.4. The fraction of sp³-hybridized carbons (Fsp3) is 0.955. The van der Waals surface area contributed by atoms with Gasteiger partial charge < -0.3 is 33.8 Å². The fourth-order valence-corrected chi connectivity index (χ4v) is 15.3. The van der Waals surface area contributed by atoms with Gasteiger partial charge in [0.05, 0.1) is 26.4 Å². The fourth-order valence-electron chi connectivity index (χ4n) is 13.7. The van der Waals surface area contributed by atoms with Crippen LogP contribution in [-0.4, -0.2) is 96.7 Å². The molecule has 636 valence electrons. The number of phosphoric ester groups is 2. The summed E-state index contributed by atoms with van der Waals surface area (Å²) in [7, 11) is -9.93. The quantitative estimate of drug-likeness (QED) is 0.0222. The summed E-state index contributed by atoms with van der Waals surface area (Å²) in [6.45, 7) is 12.0. The Bertz CT molecular complexity index is 2060. The summed E-state index contributed by atoms with van der Waals surface area (Å²) in [5.74, 6) is 0.226. The van der Waals surface area contributed by atoms with Crippen molar-refractivity contribution in [3.63, 3.8) is 0 Å². The minimum atomic E-state index is -4.97. The van der Waals surface area contributed by atoms with Crippen molar-refractivity contribution in [1.29, 1.82) is 0 Å². The van der Waals surface area contributed by atoms with Gasteiger partial charge in [0.15, 0.2) is 12.2 Å². The van der Waals surface area contributed by atoms with Crippen molar-refractivity contribution in [1.82, 2.24) is 0 Å². The molecule has 19 heteroatoms. The number of hydrogen-bond acceptors (Lipinski definition) is 15. The Balaban J connectivity index is 5.20. The molecule has 0 saturated carbocycles. The first kappa shape index (κ1) is 105. The Morgan fingerprint density at radius 1 is 0.271 bits per heavy atom. The maximum Gasteiger partial charge on any atom is 0.472 e. The second-order valence-electron chi connectivity index (χ2n) is 32.8. The molecule has 0 aromatic rings. The van der Waals surface area contributed by atoms with Gasteiger partial charge in [0.25, 0.3) is 0 Å². The third-order valence-electron chi connectivity index (χ3n) is 21.0. The molecular weight excluding hydrogens is 1390 g/mol. The highest BCUT2D eigenvalue weighted by Crippen LogP contribution is 2.45. The Labute approximate surface area is 658 Å². The number of rotatable bonds is 86. The molecule has 0 saturated heterocycles. The molecule has 6 atom stereocenters. The van der Waals surface area contributed by atoms with Crippen LogP contribution in [0.2, 0.25) is 0 Å². The van der Waals surface area contributed by atoms with E-state index in [1.807, 2.05) is 0 Å². The molecule has 3 unspecified atom stereocenters. The third-order valence-corrected chi connectivity index (χ3v) is 22.9. The molecule has 107 heavy (non-hydrogen) atoms. The lowest BCUT2D eigenvalue weighted by molar-refractivity contribution is -0.161. The molecule has 0 rings (SSSR count). The molecule has 0 aromatic carbocycles. The van der Waals surface area contributed by atoms with E-state index in [1.54, 1.807) is 0 Å². The smallest absolute Gasteiger partial charge is 0.462 e. The monoisotopic (exact) mass is 1560 g/mol. The van der Waals surface area contributed by atoms with Crippen LogP contribution in [0.25, 0.3) is 0 Å². The second kappa shape index (κ2) is 78.0. The minimum absolute atomic E-state index is 0.107. The van der Waals surface area contributed by atoms with Gasteiger partial charge in [-0.25, -0.2) is 9.13 Å². The Morgan fingerprint density at radius 3 is 0.710 bits per heavy atom. The van der Waals surface area contributed by atoms with Gasteiger partial charge in [-0.1, -0.05) is 414 Å². The lowest BCUT2D eigenvalue weighted by Gasteiger charge is -2.21. The van der Waals surface area contributed by atoms with Gasteiger partial charge in [0.1, 0.15) is 19.3 Å². The van der Waals surface area contributed by atoms with Gasteiger partial charge in [0.2, 0.25) is 0 Å². The van der Waals surface area contributed by atoms with Crippen molar-refractivity contribution in [3.05, 3.63) is 0 Å². The average molecular weight is 1560 g/mol. The number of carbonyl (C=O) groups excluding carboxylic acids is 4. The molecule has 0 radical (unpaired) electrons. The van der Waals surface area contributed by atoms with Crippen LogP contribution in [0.15, 0.2) is 0 Å². The highest BCUT2D eigenvalue weighted by atomic mass is 31.2. The molecule has 0 aliphatic carbocycles. The van der Waals surface area contributed by atoms with E-state index >= 15 is 0 Å². The number of esters is 4. The van der Waals surface area contributed by atoms with E-state index < -0.39 is 97.5 Å². The Hall–Kier alpha value is -1.94. The summed E-state index contributed by atoms with van der Waals surface area (Å²) < 4.78 is 68.9. The minimum Gasteiger partial charge on any atom is -0.462 e. The van der Waals surface area contributed by atoms with Gasteiger partial charge in [-0.05, 0) is 43.4 Å². The van der Waals surface area contributed by atoms with Crippen LogP contribution in [0.4, 0.5) is 0 Å². The molecule has 0 heterocycles. The Kier molecular flexibility index (Phi) is 76.6. The van der Waals surface area contributed by atoms with Crippen molar-refractivity contribution >= 4 is 39.5 Å². The molecule has 0 aromatic heterocycles. The van der Waals surface area contributed by atoms with Crippen molar-refractivity contribution in [2.24, 2.45) is 17.8 Å². The molecule has 0 spiro atoms. The van der Waals surface area contributed by atoms with Crippen molar-refractivity contribution in [2.75, 3.05) is 39.6 Å². The van der Waals surface area contributed by atoms with E-state index in [9.17, 15) is 43.2 Å². The van der Waals surface area contributed by atoms with Gasteiger partial charge in [-0.2, -0.15) is 0 Å². The summed E-state index contributed by atoms with van der Waals surface area (Å²) >= 11 is 0. The van der Waals surface area contributed by atoms with Crippen LogP contribution in [0, 0.1) is 17.8 Å². The van der Waals surface area contributed by atoms with Crippen molar-refractivity contribution < 1.29 is 80.2 Å². The van der Waals surface area contributed by atoms with E-state index in [0.717, 1.165) is 108 Å². The largest absolute Gasteiger partial charge is 0.472 e. The topological polar surface area (TPSA) is 237 Å². The van der Waals surface area contributed by atoms with E-state index in [0.29, 0.717) is 31.6 Å². The summed E-state index contributed by atoms with van der Waals surface area (Å²) in [5, 5.41) is 10.7. The maximum absolute atomic E-state index is 13.2. The van der Waals surface area contributed by atoms with Crippen LogP contribution < -0.4 is 0 Å². The number of carbonyl (C=O) groups is 4. The lowest BCUT2D eigenvalue weighted by atomic mass is 9.99. The molecule has 0 fully saturated rings. The molecule has 0 amide bonds. The van der Waals surface area contributed by atoms with Gasteiger partial charge in [0, 0.05) is 25.7 Å².